The fraction of sp³-hybridized carbons (Fsp3) is 1.00. The average molecular weight is 228 g/mol. The Hall–Kier alpha value is 0.270. The van der Waals surface area contributed by atoms with Gasteiger partial charge < -0.3 is 0 Å². The molecular formula is C12H24N2S. The lowest BCUT2D eigenvalue weighted by molar-refractivity contribution is 0.287. The Morgan fingerprint density at radius 3 is 2.80 bits per heavy atom. The van der Waals surface area contributed by atoms with E-state index in [1.807, 2.05) is 11.8 Å². The third-order valence-corrected chi connectivity index (χ3v) is 5.28. The molecule has 4 atom stereocenters. The van der Waals surface area contributed by atoms with E-state index in [1.165, 1.54) is 43.6 Å². The largest absolute Gasteiger partial charge is 0.271 e. The number of thioether (sulfide) groups is 1. The van der Waals surface area contributed by atoms with Crippen molar-refractivity contribution in [1.82, 2.24) is 5.43 Å². The van der Waals surface area contributed by atoms with E-state index < -0.39 is 0 Å². The molecule has 2 bridgehead atoms. The van der Waals surface area contributed by atoms with Crippen molar-refractivity contribution in [2.45, 2.75) is 45.1 Å². The molecule has 0 aromatic rings. The molecule has 0 amide bonds. The highest BCUT2D eigenvalue weighted by Crippen LogP contribution is 2.49. The summed E-state index contributed by atoms with van der Waals surface area (Å²) in [7, 11) is 0. The molecule has 3 N–H and O–H groups in total. The quantitative estimate of drug-likeness (QED) is 0.541. The van der Waals surface area contributed by atoms with Gasteiger partial charge in [-0.15, -0.1) is 0 Å². The second kappa shape index (κ2) is 5.55. The van der Waals surface area contributed by atoms with Crippen LogP contribution in [0.25, 0.3) is 0 Å². The molecule has 3 heteroatoms. The molecule has 0 aromatic heterocycles. The highest BCUT2D eigenvalue weighted by Gasteiger charge is 2.39. The van der Waals surface area contributed by atoms with Gasteiger partial charge in [-0.25, -0.2) is 0 Å². The standard InChI is InChI=1S/C12H24N2S/c1-2-15-8-12(14-13)7-11-6-9-3-4-10(11)5-9/h9-12,14H,2-8,13H2,1H3. The summed E-state index contributed by atoms with van der Waals surface area (Å²) in [6.07, 6.45) is 7.31. The number of nitrogens with one attached hydrogen (secondary N) is 1. The Balaban J connectivity index is 1.74. The molecule has 2 aliphatic carbocycles. The Morgan fingerprint density at radius 2 is 2.27 bits per heavy atom. The molecule has 2 fully saturated rings. The van der Waals surface area contributed by atoms with E-state index in [0.29, 0.717) is 6.04 Å². The van der Waals surface area contributed by atoms with Gasteiger partial charge >= 0.3 is 0 Å². The van der Waals surface area contributed by atoms with Gasteiger partial charge in [-0.3, -0.25) is 11.3 Å². The monoisotopic (exact) mass is 228 g/mol. The number of nitrogens with two attached hydrogens (primary N) is 1. The van der Waals surface area contributed by atoms with Gasteiger partial charge in [-0.05, 0) is 49.2 Å². The van der Waals surface area contributed by atoms with Crippen LogP contribution in [-0.2, 0) is 0 Å². The van der Waals surface area contributed by atoms with E-state index in [-0.39, 0.29) is 0 Å². The van der Waals surface area contributed by atoms with Crippen molar-refractivity contribution in [2.24, 2.45) is 23.6 Å². The number of hydrogen-bond acceptors (Lipinski definition) is 3. The van der Waals surface area contributed by atoms with Crippen LogP contribution in [0.1, 0.15) is 39.0 Å². The van der Waals surface area contributed by atoms with E-state index in [1.54, 1.807) is 0 Å². The van der Waals surface area contributed by atoms with Crippen molar-refractivity contribution in [3.63, 3.8) is 0 Å². The number of rotatable bonds is 6. The summed E-state index contributed by atoms with van der Waals surface area (Å²) in [6, 6.07) is 0.541. The maximum absolute atomic E-state index is 5.63. The van der Waals surface area contributed by atoms with Crippen molar-refractivity contribution in [1.29, 1.82) is 0 Å². The summed E-state index contributed by atoms with van der Waals surface area (Å²) in [4.78, 5) is 0. The molecule has 0 aromatic carbocycles. The number of hydrogen-bond donors (Lipinski definition) is 2. The molecule has 15 heavy (non-hydrogen) atoms. The molecule has 0 saturated heterocycles. The highest BCUT2D eigenvalue weighted by molar-refractivity contribution is 7.99. The molecule has 2 nitrogen and oxygen atoms in total. The highest BCUT2D eigenvalue weighted by atomic mass is 32.2. The lowest BCUT2D eigenvalue weighted by Crippen LogP contribution is -2.39. The Bertz CT molecular complexity index is 198. The molecule has 2 aliphatic rings. The van der Waals surface area contributed by atoms with Crippen LogP contribution in [0, 0.1) is 17.8 Å². The Morgan fingerprint density at radius 1 is 1.40 bits per heavy atom. The van der Waals surface area contributed by atoms with Crippen LogP contribution in [0.3, 0.4) is 0 Å². The molecule has 0 spiro atoms. The van der Waals surface area contributed by atoms with E-state index >= 15 is 0 Å². The van der Waals surface area contributed by atoms with E-state index in [9.17, 15) is 0 Å². The molecule has 0 aliphatic heterocycles. The third kappa shape index (κ3) is 2.89. The normalized spacial score (nSPS) is 36.0. The van der Waals surface area contributed by atoms with Gasteiger partial charge in [0.15, 0.2) is 0 Å². The minimum Gasteiger partial charge on any atom is -0.271 e. The van der Waals surface area contributed by atoms with Gasteiger partial charge in [-0.2, -0.15) is 11.8 Å². The number of fused-ring (bicyclic) bond motifs is 2. The van der Waals surface area contributed by atoms with Crippen molar-refractivity contribution in [2.75, 3.05) is 11.5 Å². The SMILES string of the molecule is CCSCC(CC1CC2CCC1C2)NN. The van der Waals surface area contributed by atoms with Gasteiger partial charge in [0.05, 0.1) is 0 Å². The van der Waals surface area contributed by atoms with E-state index in [0.717, 1.165) is 17.8 Å². The lowest BCUT2D eigenvalue weighted by Gasteiger charge is -2.26. The molecule has 2 saturated carbocycles. The van der Waals surface area contributed by atoms with Gasteiger partial charge in [0.25, 0.3) is 0 Å². The molecular weight excluding hydrogens is 204 g/mol. The molecule has 2 rings (SSSR count). The predicted octanol–water partition coefficient (Wildman–Crippen LogP) is 2.40. The van der Waals surface area contributed by atoms with E-state index in [2.05, 4.69) is 12.3 Å². The molecule has 4 unspecified atom stereocenters. The van der Waals surface area contributed by atoms with Crippen molar-refractivity contribution >= 4 is 11.8 Å². The molecule has 88 valence electrons. The van der Waals surface area contributed by atoms with Gasteiger partial charge in [0.1, 0.15) is 0 Å². The molecule has 0 heterocycles. The lowest BCUT2D eigenvalue weighted by atomic mass is 9.84. The topological polar surface area (TPSA) is 38.0 Å². The zero-order chi connectivity index (χ0) is 10.7. The summed E-state index contributed by atoms with van der Waals surface area (Å²) in [5.41, 5.74) is 3.00. The fourth-order valence-corrected chi connectivity index (χ4v) is 4.23. The number of hydrazine groups is 1. The maximum Gasteiger partial charge on any atom is 0.0303 e. The minimum atomic E-state index is 0.541. The van der Waals surface area contributed by atoms with Crippen LogP contribution >= 0.6 is 11.8 Å². The second-order valence-electron chi connectivity index (χ2n) is 5.19. The molecule has 0 radical (unpaired) electrons. The first-order chi connectivity index (χ1) is 7.33. The Labute approximate surface area is 97.7 Å². The van der Waals surface area contributed by atoms with Crippen molar-refractivity contribution in [3.05, 3.63) is 0 Å². The van der Waals surface area contributed by atoms with Crippen LogP contribution in [-0.4, -0.2) is 17.5 Å². The summed E-state index contributed by atoms with van der Waals surface area (Å²) >= 11 is 2.00. The smallest absolute Gasteiger partial charge is 0.0303 e. The summed E-state index contributed by atoms with van der Waals surface area (Å²) in [5.74, 6) is 11.1. The van der Waals surface area contributed by atoms with Crippen LogP contribution in [0.15, 0.2) is 0 Å². The first kappa shape index (κ1) is 11.7. The van der Waals surface area contributed by atoms with Gasteiger partial charge in [-0.1, -0.05) is 13.3 Å². The third-order valence-electron chi connectivity index (χ3n) is 4.23. The van der Waals surface area contributed by atoms with Crippen LogP contribution in [0.2, 0.25) is 0 Å². The summed E-state index contributed by atoms with van der Waals surface area (Å²) in [5, 5.41) is 0. The first-order valence-corrected chi connectivity index (χ1v) is 7.52. The van der Waals surface area contributed by atoms with Gasteiger partial charge in [0.2, 0.25) is 0 Å². The summed E-state index contributed by atoms with van der Waals surface area (Å²) in [6.45, 7) is 2.22. The Kier molecular flexibility index (Phi) is 4.35. The van der Waals surface area contributed by atoms with Crippen molar-refractivity contribution in [3.8, 4) is 0 Å². The summed E-state index contributed by atoms with van der Waals surface area (Å²) < 4.78 is 0. The second-order valence-corrected chi connectivity index (χ2v) is 6.51. The zero-order valence-corrected chi connectivity index (χ0v) is 10.6. The minimum absolute atomic E-state index is 0.541. The van der Waals surface area contributed by atoms with Crippen LogP contribution in [0.4, 0.5) is 0 Å². The fourth-order valence-electron chi connectivity index (χ4n) is 3.47. The average Bonchev–Trinajstić information content (AvgIpc) is 2.85. The van der Waals surface area contributed by atoms with Crippen molar-refractivity contribution < 1.29 is 0 Å². The first-order valence-electron chi connectivity index (χ1n) is 6.37. The van der Waals surface area contributed by atoms with E-state index in [4.69, 9.17) is 5.84 Å². The maximum atomic E-state index is 5.63. The van der Waals surface area contributed by atoms with Crippen LogP contribution < -0.4 is 11.3 Å². The van der Waals surface area contributed by atoms with Gasteiger partial charge in [0, 0.05) is 11.8 Å². The predicted molar refractivity (Wildman–Crippen MR) is 67.7 cm³/mol. The zero-order valence-electron chi connectivity index (χ0n) is 9.74. The van der Waals surface area contributed by atoms with Crippen LogP contribution in [0.5, 0.6) is 0 Å².